The normalized spacial score (nSPS) is 40.2. The predicted molar refractivity (Wildman–Crippen MR) is 264 cm³/mol. The van der Waals surface area contributed by atoms with Gasteiger partial charge in [0.05, 0.1) is 34.5 Å². The highest BCUT2D eigenvalue weighted by atomic mass is 35.5. The SMILES string of the molecule is C#C.C#CC.Cc1ccc2c3c1O[C@H]1C(=O)CC[C@@]4(O)C(C2)N(C)CC[C@]314.Cc1ccc2c3c1O[C@H]1C(=O)CC[C@@]4(O)C(C2)NCC[C@]314.Cc1ccc2c3c1O[C@H]1C(=O)CC[C@@]4(O)C(C2)[N@+](C)(O)CC[C@]314.[Cl-]. The number of piperidine rings is 3. The number of likely N-dealkylation sites (tertiary alicyclic amines) is 2. The third-order valence-corrected chi connectivity index (χ3v) is 20.0. The number of Topliss-reactive ketones (excluding diaryl/α,β-unsaturated/α-hetero) is 3. The van der Waals surface area contributed by atoms with Crippen molar-refractivity contribution in [1.29, 1.82) is 0 Å². The molecule has 0 aromatic heterocycles. The fourth-order valence-electron chi connectivity index (χ4n) is 16.9. The molecular formula is C58H68ClN3O10. The second kappa shape index (κ2) is 16.9. The minimum Gasteiger partial charge on any atom is -1.00 e. The molecule has 72 heavy (non-hydrogen) atoms. The Morgan fingerprint density at radius 1 is 0.653 bits per heavy atom. The molecule has 6 aliphatic carbocycles. The number of nitrogens with one attached hydrogen (secondary N) is 1. The summed E-state index contributed by atoms with van der Waals surface area (Å²) in [7, 11) is 3.87. The first-order valence-electron chi connectivity index (χ1n) is 25.7. The van der Waals surface area contributed by atoms with Crippen LogP contribution >= 0.6 is 0 Å². The lowest BCUT2D eigenvalue weighted by molar-refractivity contribution is -1.12. The van der Waals surface area contributed by atoms with Crippen LogP contribution in [0.4, 0.5) is 0 Å². The van der Waals surface area contributed by atoms with Crippen LogP contribution in [0.3, 0.4) is 0 Å². The quantitative estimate of drug-likeness (QED) is 0.163. The number of ketones is 3. The smallest absolute Gasteiger partial charge is 0.174 e. The van der Waals surface area contributed by atoms with E-state index in [1.165, 1.54) is 11.1 Å². The molecule has 0 amide bonds. The molecule has 6 heterocycles. The molecule has 3 unspecified atom stereocenters. The molecule has 6 fully saturated rings. The van der Waals surface area contributed by atoms with Crippen LogP contribution in [-0.2, 0) is 49.9 Å². The predicted octanol–water partition coefficient (Wildman–Crippen LogP) is 1.50. The number of carbonyl (C=O) groups is 3. The van der Waals surface area contributed by atoms with Gasteiger partial charge in [-0.15, -0.1) is 25.2 Å². The maximum absolute atomic E-state index is 12.6. The second-order valence-electron chi connectivity index (χ2n) is 22.9. The van der Waals surface area contributed by atoms with Crippen LogP contribution in [0.1, 0.15) is 115 Å². The summed E-state index contributed by atoms with van der Waals surface area (Å²) in [6.07, 6.45) is 18.2. The van der Waals surface area contributed by atoms with Crippen LogP contribution in [-0.4, -0.2) is 134 Å². The number of rotatable bonds is 0. The van der Waals surface area contributed by atoms with Crippen molar-refractivity contribution >= 4 is 17.3 Å². The largest absolute Gasteiger partial charge is 1.00 e. The number of ether oxygens (including phenoxy) is 3. The van der Waals surface area contributed by atoms with E-state index in [1.807, 2.05) is 26.8 Å². The zero-order valence-corrected chi connectivity index (χ0v) is 43.0. The number of hydroxylamine groups is 3. The number of likely N-dealkylation sites (N-methyl/N-ethyl adjacent to an activating group) is 2. The summed E-state index contributed by atoms with van der Waals surface area (Å²) in [6, 6.07) is 12.4. The van der Waals surface area contributed by atoms with E-state index in [9.17, 15) is 34.9 Å². The Labute approximate surface area is 428 Å². The molecule has 0 radical (unpaired) electrons. The fraction of sp³-hybridized carbons (Fsp3) is 0.569. The average Bonchev–Trinajstić information content (AvgIpc) is 4.02. The molecule has 13 nitrogen and oxygen atoms in total. The van der Waals surface area contributed by atoms with Gasteiger partial charge >= 0.3 is 0 Å². The van der Waals surface area contributed by atoms with Crippen LogP contribution in [0.25, 0.3) is 0 Å². The van der Waals surface area contributed by atoms with Gasteiger partial charge in [0, 0.05) is 60.9 Å². The summed E-state index contributed by atoms with van der Waals surface area (Å²) >= 11 is 0. The molecule has 13 atom stereocenters. The molecule has 6 bridgehead atoms. The second-order valence-corrected chi connectivity index (χ2v) is 22.9. The summed E-state index contributed by atoms with van der Waals surface area (Å²) < 4.78 is 18.3. The first kappa shape index (κ1) is 50.7. The van der Waals surface area contributed by atoms with E-state index < -0.39 is 51.4 Å². The van der Waals surface area contributed by atoms with Crippen molar-refractivity contribution < 1.29 is 66.2 Å². The van der Waals surface area contributed by atoms with Gasteiger partial charge in [-0.1, -0.05) is 36.4 Å². The van der Waals surface area contributed by atoms with E-state index in [2.05, 4.69) is 72.8 Å². The summed E-state index contributed by atoms with van der Waals surface area (Å²) in [5.74, 6) is 5.20. The zero-order chi connectivity index (χ0) is 50.6. The third-order valence-electron chi connectivity index (χ3n) is 20.0. The highest BCUT2D eigenvalue weighted by Gasteiger charge is 2.77. The van der Waals surface area contributed by atoms with Crippen molar-refractivity contribution in [2.45, 2.75) is 174 Å². The van der Waals surface area contributed by atoms with Crippen LogP contribution in [0.2, 0.25) is 0 Å². The Hall–Kier alpha value is -4.80. The molecule has 382 valence electrons. The lowest BCUT2D eigenvalue weighted by Gasteiger charge is -2.62. The topological polar surface area (TPSA) is 175 Å². The molecule has 5 N–H and O–H groups in total. The van der Waals surface area contributed by atoms with Crippen molar-refractivity contribution in [2.75, 3.05) is 33.7 Å². The Morgan fingerprint density at radius 3 is 1.57 bits per heavy atom. The first-order valence-corrected chi connectivity index (χ1v) is 25.7. The summed E-state index contributed by atoms with van der Waals surface area (Å²) in [6.45, 7) is 10.00. The van der Waals surface area contributed by atoms with Gasteiger partial charge in [0.1, 0.15) is 29.4 Å². The van der Waals surface area contributed by atoms with Crippen molar-refractivity contribution in [3.05, 3.63) is 86.5 Å². The first-order chi connectivity index (χ1) is 33.8. The van der Waals surface area contributed by atoms with Gasteiger partial charge < -0.3 is 52.2 Å². The van der Waals surface area contributed by atoms with Crippen molar-refractivity contribution in [1.82, 2.24) is 10.2 Å². The third kappa shape index (κ3) is 6.02. The van der Waals surface area contributed by atoms with Crippen molar-refractivity contribution in [3.63, 3.8) is 0 Å². The molecule has 12 aliphatic rings. The van der Waals surface area contributed by atoms with E-state index >= 15 is 0 Å². The number of aryl methyl sites for hydroxylation is 3. The van der Waals surface area contributed by atoms with Crippen molar-refractivity contribution in [2.24, 2.45) is 0 Å². The molecule has 3 aromatic carbocycles. The van der Waals surface area contributed by atoms with Gasteiger partial charge in [-0.3, -0.25) is 14.4 Å². The molecule has 3 saturated heterocycles. The van der Waals surface area contributed by atoms with E-state index in [0.29, 0.717) is 57.9 Å². The maximum atomic E-state index is 12.6. The number of nitrogens with zero attached hydrogens (tertiary/aromatic N) is 2. The van der Waals surface area contributed by atoms with Crippen LogP contribution in [0.15, 0.2) is 36.4 Å². The van der Waals surface area contributed by atoms with Gasteiger partial charge in [-0.2, -0.15) is 4.65 Å². The summed E-state index contributed by atoms with van der Waals surface area (Å²) in [4.78, 5) is 40.0. The van der Waals surface area contributed by atoms with Crippen LogP contribution < -0.4 is 31.9 Å². The number of hydrogen-bond acceptors (Lipinski definition) is 12. The van der Waals surface area contributed by atoms with Gasteiger partial charge in [0.15, 0.2) is 41.7 Å². The number of benzene rings is 3. The van der Waals surface area contributed by atoms with E-state index in [0.717, 1.165) is 95.0 Å². The minimum atomic E-state index is -1.08. The average molecular weight is 1000 g/mol. The summed E-state index contributed by atoms with van der Waals surface area (Å²) in [5.41, 5.74) is 5.65. The number of terminal acetylenes is 2. The number of hydrogen-bond donors (Lipinski definition) is 5. The van der Waals surface area contributed by atoms with Crippen molar-refractivity contribution in [3.8, 4) is 42.4 Å². The molecular weight excluding hydrogens is 934 g/mol. The number of carbonyl (C=O) groups excluding carboxylic acids is 3. The Bertz CT molecular complexity index is 2890. The Balaban J connectivity index is 0.000000118. The molecule has 3 spiro atoms. The van der Waals surface area contributed by atoms with Gasteiger partial charge in [0.25, 0.3) is 0 Å². The molecule has 15 rings (SSSR count). The fourth-order valence-corrected chi connectivity index (χ4v) is 16.9. The highest BCUT2D eigenvalue weighted by Crippen LogP contribution is 2.67. The molecule has 6 aliphatic heterocycles. The van der Waals surface area contributed by atoms with Gasteiger partial charge in [-0.25, -0.2) is 5.21 Å². The van der Waals surface area contributed by atoms with E-state index in [4.69, 9.17) is 14.2 Å². The lowest BCUT2D eigenvalue weighted by atomic mass is 9.49. The van der Waals surface area contributed by atoms with Gasteiger partial charge in [0.2, 0.25) is 0 Å². The lowest BCUT2D eigenvalue weighted by Crippen LogP contribution is -3.00. The van der Waals surface area contributed by atoms with Gasteiger partial charge in [-0.05, 0) is 126 Å². The Kier molecular flexibility index (Phi) is 11.9. The number of halogens is 1. The number of aliphatic hydroxyl groups is 3. The molecule has 14 heteroatoms. The van der Waals surface area contributed by atoms with Crippen LogP contribution in [0, 0.1) is 46.0 Å². The number of quaternary nitrogens is 1. The maximum Gasteiger partial charge on any atom is 0.174 e. The van der Waals surface area contributed by atoms with E-state index in [1.54, 1.807) is 14.0 Å². The molecule has 3 aromatic rings. The highest BCUT2D eigenvalue weighted by molar-refractivity contribution is 5.91. The monoisotopic (exact) mass is 1000 g/mol. The summed E-state index contributed by atoms with van der Waals surface area (Å²) in [5, 5.41) is 49.4. The minimum absolute atomic E-state index is 0. The Morgan fingerprint density at radius 2 is 1.07 bits per heavy atom. The van der Waals surface area contributed by atoms with Crippen LogP contribution in [0.5, 0.6) is 17.2 Å². The zero-order valence-electron chi connectivity index (χ0n) is 42.3. The van der Waals surface area contributed by atoms with E-state index in [-0.39, 0.29) is 52.5 Å². The standard InChI is InChI=1S/C18H22NO4.C18H21NO3.C17H19NO3.C3H4.C2H2.ClH/c1-10-3-4-11-9-13-18(21)6-5-12(20)16-17(18,7-8-19(13,2)22)14(11)15(10)23-16;1-10-3-4-11-9-13-18(21)6-5-12(20)16-17(18,7-8-19(13)2)14(11)15(10)22-16;1-9-2-3-10-8-12-17(20)5-4-11(19)15-16(17,6-7-18-12)13(10)14(9)21-15;1-3-2;1-2;/h3-4,13,16,21-22H,5-9H2,1-2H3;3-4,13,16,21H,5-9H2,1-2H3;2-3,12,15,18,20H,4-8H2,1H3;1H,2H3;1-2H;1H/q+1;;;;;/p-1/t13?,16-,17-,18+,19+;13?,16-,17-,18+;12?,15-,16-,17+;;;/m000.../s1. The molecule has 3 saturated carbocycles.